The van der Waals surface area contributed by atoms with Crippen LogP contribution in [0.3, 0.4) is 0 Å². The number of carbonyl (C=O) groups excluding carboxylic acids is 1. The van der Waals surface area contributed by atoms with Gasteiger partial charge in [0.2, 0.25) is 5.13 Å². The lowest BCUT2D eigenvalue weighted by molar-refractivity contribution is -0.142. The molecular weight excluding hydrogens is 338 g/mol. The molecule has 0 saturated heterocycles. The topological polar surface area (TPSA) is 92.3 Å². The Balaban J connectivity index is 1.65. The Bertz CT molecular complexity index is 858. The second-order valence-electron chi connectivity index (χ2n) is 5.02. The number of hydrogen-bond acceptors (Lipinski definition) is 7. The molecule has 0 bridgehead atoms. The predicted molar refractivity (Wildman–Crippen MR) is 97.7 cm³/mol. The number of nitrogens with one attached hydrogen (secondary N) is 2. The Morgan fingerprint density at radius 1 is 1.44 bits per heavy atom. The van der Waals surface area contributed by atoms with Gasteiger partial charge < -0.3 is 9.72 Å². The van der Waals surface area contributed by atoms with Crippen LogP contribution in [-0.2, 0) is 16.0 Å². The zero-order valence-electron chi connectivity index (χ0n) is 13.6. The van der Waals surface area contributed by atoms with Crippen LogP contribution in [0.25, 0.3) is 11.4 Å². The molecule has 0 radical (unpaired) electrons. The molecule has 8 heteroatoms. The fourth-order valence-electron chi connectivity index (χ4n) is 2.19. The van der Waals surface area contributed by atoms with E-state index in [-0.39, 0.29) is 12.4 Å². The Kier molecular flexibility index (Phi) is 5.53. The number of hydrogen-bond donors (Lipinski definition) is 2. The smallest absolute Gasteiger partial charge is 0.311 e. The number of anilines is 1. The first-order valence-corrected chi connectivity index (χ1v) is 8.62. The quantitative estimate of drug-likeness (QED) is 0.386. The number of aromatic nitrogens is 3. The SMILES string of the molecule is CCOC(=O)Cc1csc(NN=Cc2ccccc2-c2ncc[nH]2)n1. The van der Waals surface area contributed by atoms with E-state index in [0.717, 1.165) is 17.0 Å². The lowest BCUT2D eigenvalue weighted by Gasteiger charge is -2.02. The fourth-order valence-corrected chi connectivity index (χ4v) is 2.85. The molecule has 0 spiro atoms. The molecule has 0 unspecified atom stereocenters. The number of benzene rings is 1. The van der Waals surface area contributed by atoms with Gasteiger partial charge in [-0.15, -0.1) is 11.3 Å². The summed E-state index contributed by atoms with van der Waals surface area (Å²) in [5.74, 6) is 0.503. The van der Waals surface area contributed by atoms with Gasteiger partial charge >= 0.3 is 5.97 Å². The van der Waals surface area contributed by atoms with Gasteiger partial charge in [-0.2, -0.15) is 5.10 Å². The van der Waals surface area contributed by atoms with E-state index >= 15 is 0 Å². The van der Waals surface area contributed by atoms with Gasteiger partial charge in [0.25, 0.3) is 0 Å². The maximum atomic E-state index is 11.5. The average molecular weight is 355 g/mol. The lowest BCUT2D eigenvalue weighted by Crippen LogP contribution is -2.07. The Labute approximate surface area is 148 Å². The van der Waals surface area contributed by atoms with Crippen LogP contribution in [0, 0.1) is 0 Å². The van der Waals surface area contributed by atoms with Crippen LogP contribution in [-0.4, -0.2) is 33.7 Å². The minimum atomic E-state index is -0.282. The molecule has 0 aliphatic rings. The fraction of sp³-hybridized carbons (Fsp3) is 0.176. The van der Waals surface area contributed by atoms with E-state index in [1.54, 1.807) is 25.5 Å². The standard InChI is InChI=1S/C17H17N5O2S/c1-2-24-15(23)9-13-11-25-17(21-13)22-20-10-12-5-3-4-6-14(12)16-18-7-8-19-16/h3-8,10-11H,2,9H2,1H3,(H,18,19)(H,21,22). The van der Waals surface area contributed by atoms with Crippen molar-refractivity contribution >= 4 is 28.7 Å². The molecule has 3 rings (SSSR count). The van der Waals surface area contributed by atoms with Crippen molar-refractivity contribution in [3.8, 4) is 11.4 Å². The maximum Gasteiger partial charge on any atom is 0.311 e. The van der Waals surface area contributed by atoms with E-state index in [0.29, 0.717) is 17.4 Å². The molecule has 128 valence electrons. The summed E-state index contributed by atoms with van der Waals surface area (Å²) in [4.78, 5) is 23.1. The third-order valence-corrected chi connectivity index (χ3v) is 4.06. The van der Waals surface area contributed by atoms with Crippen LogP contribution in [0.1, 0.15) is 18.2 Å². The van der Waals surface area contributed by atoms with E-state index in [2.05, 4.69) is 25.5 Å². The van der Waals surface area contributed by atoms with Gasteiger partial charge in [-0.25, -0.2) is 9.97 Å². The summed E-state index contributed by atoms with van der Waals surface area (Å²) in [6.07, 6.45) is 5.37. The number of aromatic amines is 1. The minimum absolute atomic E-state index is 0.164. The first kappa shape index (κ1) is 16.8. The van der Waals surface area contributed by atoms with Crippen LogP contribution in [0.15, 0.2) is 47.1 Å². The third-order valence-electron chi connectivity index (χ3n) is 3.26. The second-order valence-corrected chi connectivity index (χ2v) is 5.88. The molecule has 0 amide bonds. The van der Waals surface area contributed by atoms with Crippen molar-refractivity contribution in [2.75, 3.05) is 12.0 Å². The van der Waals surface area contributed by atoms with Crippen molar-refractivity contribution < 1.29 is 9.53 Å². The van der Waals surface area contributed by atoms with E-state index in [1.807, 2.05) is 29.6 Å². The normalized spacial score (nSPS) is 10.9. The number of nitrogens with zero attached hydrogens (tertiary/aromatic N) is 3. The Hall–Kier alpha value is -3.00. The molecule has 7 nitrogen and oxygen atoms in total. The molecular formula is C17H17N5O2S. The van der Waals surface area contributed by atoms with Crippen molar-refractivity contribution in [3.05, 3.63) is 53.3 Å². The van der Waals surface area contributed by atoms with Crippen molar-refractivity contribution in [1.29, 1.82) is 0 Å². The Morgan fingerprint density at radius 2 is 2.32 bits per heavy atom. The van der Waals surface area contributed by atoms with E-state index in [4.69, 9.17) is 4.74 Å². The van der Waals surface area contributed by atoms with Gasteiger partial charge in [-0.05, 0) is 6.92 Å². The molecule has 0 aliphatic heterocycles. The van der Waals surface area contributed by atoms with Gasteiger partial charge in [-0.3, -0.25) is 10.2 Å². The lowest BCUT2D eigenvalue weighted by atomic mass is 10.1. The second kappa shape index (κ2) is 8.20. The molecule has 0 atom stereocenters. The summed E-state index contributed by atoms with van der Waals surface area (Å²) in [5.41, 5.74) is 5.43. The van der Waals surface area contributed by atoms with Crippen molar-refractivity contribution in [2.24, 2.45) is 5.10 Å². The summed E-state index contributed by atoms with van der Waals surface area (Å²) in [6, 6.07) is 7.82. The molecule has 25 heavy (non-hydrogen) atoms. The van der Waals surface area contributed by atoms with E-state index in [1.165, 1.54) is 11.3 Å². The molecule has 2 heterocycles. The van der Waals surface area contributed by atoms with Crippen LogP contribution >= 0.6 is 11.3 Å². The summed E-state index contributed by atoms with van der Waals surface area (Å²) < 4.78 is 4.91. The summed E-state index contributed by atoms with van der Waals surface area (Å²) in [6.45, 7) is 2.15. The van der Waals surface area contributed by atoms with Crippen molar-refractivity contribution in [3.63, 3.8) is 0 Å². The summed E-state index contributed by atoms with van der Waals surface area (Å²) in [5, 5.41) is 6.65. The third kappa shape index (κ3) is 4.51. The molecule has 0 fully saturated rings. The number of H-pyrrole nitrogens is 1. The Morgan fingerprint density at radius 3 is 3.12 bits per heavy atom. The summed E-state index contributed by atoms with van der Waals surface area (Å²) in [7, 11) is 0. The zero-order valence-corrected chi connectivity index (χ0v) is 14.4. The highest BCUT2D eigenvalue weighted by atomic mass is 32.1. The molecule has 2 aromatic heterocycles. The van der Waals surface area contributed by atoms with E-state index in [9.17, 15) is 4.79 Å². The monoisotopic (exact) mass is 355 g/mol. The number of hydrazone groups is 1. The molecule has 0 saturated carbocycles. The van der Waals surface area contributed by atoms with Crippen molar-refractivity contribution in [1.82, 2.24) is 15.0 Å². The van der Waals surface area contributed by atoms with Crippen LogP contribution in [0.2, 0.25) is 0 Å². The molecule has 3 aromatic rings. The number of carbonyl (C=O) groups is 1. The molecule has 2 N–H and O–H groups in total. The van der Waals surface area contributed by atoms with Gasteiger partial charge in [0.05, 0.1) is 24.9 Å². The van der Waals surface area contributed by atoms with Crippen LogP contribution < -0.4 is 5.43 Å². The van der Waals surface area contributed by atoms with Gasteiger partial charge in [0, 0.05) is 28.9 Å². The first-order valence-electron chi connectivity index (χ1n) is 7.74. The van der Waals surface area contributed by atoms with Crippen LogP contribution in [0.4, 0.5) is 5.13 Å². The molecule has 0 aliphatic carbocycles. The predicted octanol–water partition coefficient (Wildman–Crippen LogP) is 3.08. The van der Waals surface area contributed by atoms with Gasteiger partial charge in [0.15, 0.2) is 0 Å². The number of ether oxygens (including phenoxy) is 1. The number of esters is 1. The maximum absolute atomic E-state index is 11.5. The van der Waals surface area contributed by atoms with E-state index < -0.39 is 0 Å². The molecule has 1 aromatic carbocycles. The van der Waals surface area contributed by atoms with Crippen LogP contribution in [0.5, 0.6) is 0 Å². The number of thiazole rings is 1. The minimum Gasteiger partial charge on any atom is -0.466 e. The largest absolute Gasteiger partial charge is 0.466 e. The van der Waals surface area contributed by atoms with Gasteiger partial charge in [-0.1, -0.05) is 24.3 Å². The highest BCUT2D eigenvalue weighted by molar-refractivity contribution is 7.13. The average Bonchev–Trinajstić information content (AvgIpc) is 3.28. The first-order chi connectivity index (χ1) is 12.3. The zero-order chi connectivity index (χ0) is 17.5. The highest BCUT2D eigenvalue weighted by Crippen LogP contribution is 2.19. The number of rotatable bonds is 7. The van der Waals surface area contributed by atoms with Crippen molar-refractivity contribution in [2.45, 2.75) is 13.3 Å². The summed E-state index contributed by atoms with van der Waals surface area (Å²) >= 11 is 1.38. The highest BCUT2D eigenvalue weighted by Gasteiger charge is 2.08. The van der Waals surface area contributed by atoms with Gasteiger partial charge in [0.1, 0.15) is 5.82 Å². The number of imidazole rings is 1.